The van der Waals surface area contributed by atoms with E-state index in [0.717, 1.165) is 28.2 Å². The van der Waals surface area contributed by atoms with Gasteiger partial charge in [0.05, 0.1) is 7.11 Å². The molecule has 0 spiro atoms. The molecule has 2 heterocycles. The Kier molecular flexibility index (Phi) is 2.86. The summed E-state index contributed by atoms with van der Waals surface area (Å²) >= 11 is 0. The Labute approximate surface area is 117 Å². The molecule has 0 amide bonds. The van der Waals surface area contributed by atoms with E-state index in [-0.39, 0.29) is 0 Å². The van der Waals surface area contributed by atoms with Crippen molar-refractivity contribution in [2.75, 3.05) is 12.8 Å². The Morgan fingerprint density at radius 2 is 2.00 bits per heavy atom. The first kappa shape index (κ1) is 12.5. The summed E-state index contributed by atoms with van der Waals surface area (Å²) in [5.41, 5.74) is 11.2. The number of benzene rings is 1. The summed E-state index contributed by atoms with van der Waals surface area (Å²) in [5.74, 6) is 1.35. The minimum atomic E-state index is 0.632. The standard InChI is InChI=1S/C16H17N3O/c1-10-6-7-11(2)12(9-10)14-15(17)19-8-4-5-13(20-3)16(19)18-14/h4-9H,17H2,1-3H3. The lowest BCUT2D eigenvalue weighted by Crippen LogP contribution is -1.95. The van der Waals surface area contributed by atoms with Gasteiger partial charge in [0.2, 0.25) is 0 Å². The molecular weight excluding hydrogens is 250 g/mol. The van der Waals surface area contributed by atoms with E-state index in [1.54, 1.807) is 7.11 Å². The number of imidazole rings is 1. The van der Waals surface area contributed by atoms with Crippen molar-refractivity contribution in [1.29, 1.82) is 0 Å². The van der Waals surface area contributed by atoms with Gasteiger partial charge < -0.3 is 10.5 Å². The van der Waals surface area contributed by atoms with E-state index >= 15 is 0 Å². The van der Waals surface area contributed by atoms with Gasteiger partial charge in [0.25, 0.3) is 0 Å². The van der Waals surface area contributed by atoms with Crippen LogP contribution in [0.5, 0.6) is 5.75 Å². The minimum absolute atomic E-state index is 0.632. The number of methoxy groups -OCH3 is 1. The number of nitrogens with zero attached hydrogens (tertiary/aromatic N) is 2. The molecule has 4 nitrogen and oxygen atoms in total. The molecule has 0 saturated carbocycles. The van der Waals surface area contributed by atoms with Gasteiger partial charge >= 0.3 is 0 Å². The zero-order valence-electron chi connectivity index (χ0n) is 11.8. The molecule has 3 aromatic rings. The predicted octanol–water partition coefficient (Wildman–Crippen LogP) is 3.21. The second-order valence-electron chi connectivity index (χ2n) is 4.93. The van der Waals surface area contributed by atoms with Crippen LogP contribution in [0, 0.1) is 13.8 Å². The molecular formula is C16H17N3O. The van der Waals surface area contributed by atoms with Crippen molar-refractivity contribution < 1.29 is 4.74 Å². The quantitative estimate of drug-likeness (QED) is 0.775. The van der Waals surface area contributed by atoms with E-state index < -0.39 is 0 Å². The zero-order chi connectivity index (χ0) is 14.3. The number of pyridine rings is 1. The summed E-state index contributed by atoms with van der Waals surface area (Å²) in [5, 5.41) is 0. The maximum Gasteiger partial charge on any atom is 0.181 e. The Morgan fingerprint density at radius 1 is 1.20 bits per heavy atom. The summed E-state index contributed by atoms with van der Waals surface area (Å²) in [6.45, 7) is 4.13. The van der Waals surface area contributed by atoms with E-state index in [1.807, 2.05) is 22.7 Å². The van der Waals surface area contributed by atoms with Gasteiger partial charge in [0.1, 0.15) is 11.5 Å². The third-order valence-corrected chi connectivity index (χ3v) is 3.52. The minimum Gasteiger partial charge on any atom is -0.493 e. The third-order valence-electron chi connectivity index (χ3n) is 3.52. The number of rotatable bonds is 2. The van der Waals surface area contributed by atoms with Crippen molar-refractivity contribution in [2.45, 2.75) is 13.8 Å². The fourth-order valence-electron chi connectivity index (χ4n) is 2.41. The molecule has 0 radical (unpaired) electrons. The van der Waals surface area contributed by atoms with Crippen LogP contribution in [-0.2, 0) is 0 Å². The Hall–Kier alpha value is -2.49. The van der Waals surface area contributed by atoms with Gasteiger partial charge in [-0.2, -0.15) is 0 Å². The number of aryl methyl sites for hydroxylation is 2. The average molecular weight is 267 g/mol. The van der Waals surface area contributed by atoms with E-state index in [2.05, 4.69) is 37.0 Å². The second kappa shape index (κ2) is 4.56. The summed E-state index contributed by atoms with van der Waals surface area (Å²) in [6, 6.07) is 10.1. The molecule has 4 heteroatoms. The first-order valence-electron chi connectivity index (χ1n) is 6.50. The smallest absolute Gasteiger partial charge is 0.181 e. The van der Waals surface area contributed by atoms with Crippen molar-refractivity contribution in [3.05, 3.63) is 47.7 Å². The van der Waals surface area contributed by atoms with Gasteiger partial charge in [-0.3, -0.25) is 4.40 Å². The van der Waals surface area contributed by atoms with Crippen molar-refractivity contribution >= 4 is 11.5 Å². The molecule has 102 valence electrons. The van der Waals surface area contributed by atoms with E-state index in [1.165, 1.54) is 5.56 Å². The van der Waals surface area contributed by atoms with Crippen LogP contribution >= 0.6 is 0 Å². The highest BCUT2D eigenvalue weighted by molar-refractivity contribution is 5.79. The first-order chi connectivity index (χ1) is 9.61. The molecule has 0 aliphatic rings. The van der Waals surface area contributed by atoms with Gasteiger partial charge in [-0.05, 0) is 37.6 Å². The average Bonchev–Trinajstić information content (AvgIpc) is 2.79. The zero-order valence-corrected chi connectivity index (χ0v) is 11.8. The van der Waals surface area contributed by atoms with E-state index in [9.17, 15) is 0 Å². The molecule has 2 aromatic heterocycles. The van der Waals surface area contributed by atoms with Crippen LogP contribution in [0.15, 0.2) is 36.5 Å². The topological polar surface area (TPSA) is 52.5 Å². The van der Waals surface area contributed by atoms with Gasteiger partial charge in [0.15, 0.2) is 11.4 Å². The summed E-state index contributed by atoms with van der Waals surface area (Å²) in [7, 11) is 1.64. The number of nitrogens with two attached hydrogens (primary N) is 1. The monoisotopic (exact) mass is 267 g/mol. The van der Waals surface area contributed by atoms with Crippen LogP contribution in [0.4, 0.5) is 5.82 Å². The fraction of sp³-hybridized carbons (Fsp3) is 0.188. The summed E-state index contributed by atoms with van der Waals surface area (Å²) in [4.78, 5) is 4.67. The van der Waals surface area contributed by atoms with Crippen molar-refractivity contribution in [3.8, 4) is 17.0 Å². The van der Waals surface area contributed by atoms with Gasteiger partial charge in [-0.25, -0.2) is 4.98 Å². The molecule has 0 aliphatic heterocycles. The van der Waals surface area contributed by atoms with Crippen molar-refractivity contribution in [3.63, 3.8) is 0 Å². The van der Waals surface area contributed by atoms with Crippen LogP contribution in [0.25, 0.3) is 16.9 Å². The molecule has 0 aliphatic carbocycles. The Morgan fingerprint density at radius 3 is 2.75 bits per heavy atom. The highest BCUT2D eigenvalue weighted by atomic mass is 16.5. The lowest BCUT2D eigenvalue weighted by atomic mass is 10.0. The highest BCUT2D eigenvalue weighted by Gasteiger charge is 2.15. The number of anilines is 1. The predicted molar refractivity (Wildman–Crippen MR) is 81.1 cm³/mol. The van der Waals surface area contributed by atoms with Gasteiger partial charge in [0, 0.05) is 11.8 Å². The lowest BCUT2D eigenvalue weighted by molar-refractivity contribution is 0.417. The van der Waals surface area contributed by atoms with Crippen molar-refractivity contribution in [1.82, 2.24) is 9.38 Å². The third kappa shape index (κ3) is 1.81. The number of hydrogen-bond donors (Lipinski definition) is 1. The molecule has 3 rings (SSSR count). The molecule has 0 atom stereocenters. The highest BCUT2D eigenvalue weighted by Crippen LogP contribution is 2.32. The Balaban J connectivity index is 2.32. The molecule has 2 N–H and O–H groups in total. The molecule has 20 heavy (non-hydrogen) atoms. The number of hydrogen-bond acceptors (Lipinski definition) is 3. The summed E-state index contributed by atoms with van der Waals surface area (Å²) < 4.78 is 7.20. The van der Waals surface area contributed by atoms with Crippen LogP contribution in [0.3, 0.4) is 0 Å². The van der Waals surface area contributed by atoms with Gasteiger partial charge in [-0.15, -0.1) is 0 Å². The normalized spacial score (nSPS) is 10.9. The molecule has 1 aromatic carbocycles. The van der Waals surface area contributed by atoms with E-state index in [4.69, 9.17) is 10.5 Å². The van der Waals surface area contributed by atoms with Crippen LogP contribution in [-0.4, -0.2) is 16.5 Å². The number of fused-ring (bicyclic) bond motifs is 1. The molecule has 0 bridgehead atoms. The molecule has 0 fully saturated rings. The maximum absolute atomic E-state index is 6.26. The van der Waals surface area contributed by atoms with Crippen LogP contribution < -0.4 is 10.5 Å². The molecule has 0 saturated heterocycles. The number of aromatic nitrogens is 2. The number of ether oxygens (including phenoxy) is 1. The van der Waals surface area contributed by atoms with Gasteiger partial charge in [-0.1, -0.05) is 17.7 Å². The number of nitrogen functional groups attached to an aromatic ring is 1. The second-order valence-corrected chi connectivity index (χ2v) is 4.93. The van der Waals surface area contributed by atoms with Crippen molar-refractivity contribution in [2.24, 2.45) is 0 Å². The first-order valence-corrected chi connectivity index (χ1v) is 6.50. The molecule has 0 unspecified atom stereocenters. The lowest BCUT2D eigenvalue weighted by Gasteiger charge is -2.05. The maximum atomic E-state index is 6.26. The summed E-state index contributed by atoms with van der Waals surface area (Å²) in [6.07, 6.45) is 1.90. The SMILES string of the molecule is COc1cccn2c(N)c(-c3cc(C)ccc3C)nc12. The fourth-order valence-corrected chi connectivity index (χ4v) is 2.41. The Bertz CT molecular complexity index is 790. The largest absolute Gasteiger partial charge is 0.493 e. The van der Waals surface area contributed by atoms with Crippen LogP contribution in [0.2, 0.25) is 0 Å². The van der Waals surface area contributed by atoms with E-state index in [0.29, 0.717) is 5.82 Å². The van der Waals surface area contributed by atoms with Crippen LogP contribution in [0.1, 0.15) is 11.1 Å².